The van der Waals surface area contributed by atoms with Crippen molar-refractivity contribution in [1.82, 2.24) is 5.32 Å². The summed E-state index contributed by atoms with van der Waals surface area (Å²) in [5.41, 5.74) is 1.96. The highest BCUT2D eigenvalue weighted by Crippen LogP contribution is 2.24. The number of halogens is 1. The summed E-state index contributed by atoms with van der Waals surface area (Å²) in [5, 5.41) is 14.1. The van der Waals surface area contributed by atoms with E-state index in [1.807, 2.05) is 24.3 Å². The lowest BCUT2D eigenvalue weighted by molar-refractivity contribution is -0.384. The van der Waals surface area contributed by atoms with Crippen LogP contribution in [0.25, 0.3) is 0 Å². The number of benzene rings is 2. The molecular formula is C15H15BrN2O3. The topological polar surface area (TPSA) is 64.4 Å². The Bertz CT molecular complexity index is 647. The molecule has 2 aromatic rings. The fourth-order valence-electron chi connectivity index (χ4n) is 2.01. The molecule has 0 saturated carbocycles. The second kappa shape index (κ2) is 7.19. The van der Waals surface area contributed by atoms with E-state index in [1.54, 1.807) is 13.2 Å². The van der Waals surface area contributed by atoms with E-state index in [2.05, 4.69) is 21.2 Å². The van der Waals surface area contributed by atoms with E-state index >= 15 is 0 Å². The Morgan fingerprint density at radius 3 is 2.71 bits per heavy atom. The van der Waals surface area contributed by atoms with Gasteiger partial charge in [-0.1, -0.05) is 28.1 Å². The monoisotopic (exact) mass is 350 g/mol. The number of methoxy groups -OCH3 is 1. The largest absolute Gasteiger partial charge is 0.496 e. The maximum absolute atomic E-state index is 10.8. The zero-order chi connectivity index (χ0) is 15.2. The van der Waals surface area contributed by atoms with Crippen LogP contribution < -0.4 is 10.1 Å². The molecule has 0 aliphatic carbocycles. The van der Waals surface area contributed by atoms with Crippen LogP contribution in [0.15, 0.2) is 46.9 Å². The molecule has 0 atom stereocenters. The van der Waals surface area contributed by atoms with E-state index in [4.69, 9.17) is 4.74 Å². The molecule has 0 unspecified atom stereocenters. The van der Waals surface area contributed by atoms with E-state index in [1.165, 1.54) is 12.1 Å². The Kier molecular flexibility index (Phi) is 5.30. The molecule has 0 radical (unpaired) electrons. The molecule has 5 nitrogen and oxygen atoms in total. The zero-order valence-electron chi connectivity index (χ0n) is 11.5. The van der Waals surface area contributed by atoms with Crippen LogP contribution in [0.2, 0.25) is 0 Å². The molecule has 110 valence electrons. The average molecular weight is 351 g/mol. The summed E-state index contributed by atoms with van der Waals surface area (Å²) in [5.74, 6) is 0.641. The first-order chi connectivity index (χ1) is 10.1. The quantitative estimate of drug-likeness (QED) is 0.637. The molecule has 0 fully saturated rings. The summed E-state index contributed by atoms with van der Waals surface area (Å²) in [4.78, 5) is 10.4. The number of nitrogens with one attached hydrogen (secondary N) is 1. The van der Waals surface area contributed by atoms with Gasteiger partial charge in [-0.2, -0.15) is 0 Å². The molecule has 0 amide bonds. The number of hydrogen-bond acceptors (Lipinski definition) is 4. The Hall–Kier alpha value is -1.92. The van der Waals surface area contributed by atoms with Gasteiger partial charge in [0, 0.05) is 35.3 Å². The van der Waals surface area contributed by atoms with Gasteiger partial charge in [0.05, 0.1) is 12.0 Å². The summed E-state index contributed by atoms with van der Waals surface area (Å²) >= 11 is 3.42. The Morgan fingerprint density at radius 2 is 2.05 bits per heavy atom. The van der Waals surface area contributed by atoms with Gasteiger partial charge in [0.1, 0.15) is 5.75 Å². The normalized spacial score (nSPS) is 10.4. The third kappa shape index (κ3) is 4.27. The van der Waals surface area contributed by atoms with Gasteiger partial charge in [0.15, 0.2) is 0 Å². The van der Waals surface area contributed by atoms with Gasteiger partial charge in [-0.3, -0.25) is 10.1 Å². The molecule has 6 heteroatoms. The molecule has 2 rings (SSSR count). The molecule has 0 saturated heterocycles. The van der Waals surface area contributed by atoms with Crippen LogP contribution >= 0.6 is 15.9 Å². The maximum atomic E-state index is 10.8. The fraction of sp³-hybridized carbons (Fsp3) is 0.200. The highest BCUT2D eigenvalue weighted by molar-refractivity contribution is 9.10. The summed E-state index contributed by atoms with van der Waals surface area (Å²) in [6, 6.07) is 12.6. The predicted molar refractivity (Wildman–Crippen MR) is 84.3 cm³/mol. The number of hydrogen-bond donors (Lipinski definition) is 1. The van der Waals surface area contributed by atoms with E-state index in [0.717, 1.165) is 15.6 Å². The minimum Gasteiger partial charge on any atom is -0.496 e. The average Bonchev–Trinajstić information content (AvgIpc) is 2.47. The summed E-state index contributed by atoms with van der Waals surface area (Å²) in [7, 11) is 1.55. The van der Waals surface area contributed by atoms with Gasteiger partial charge in [-0.05, 0) is 23.8 Å². The second-order valence-electron chi connectivity index (χ2n) is 4.49. The van der Waals surface area contributed by atoms with Gasteiger partial charge in [-0.25, -0.2) is 0 Å². The smallest absolute Gasteiger partial charge is 0.270 e. The van der Waals surface area contributed by atoms with Gasteiger partial charge in [0.25, 0.3) is 5.69 Å². The first-order valence-corrected chi connectivity index (χ1v) is 7.16. The lowest BCUT2D eigenvalue weighted by Crippen LogP contribution is -2.13. The predicted octanol–water partition coefficient (Wildman–Crippen LogP) is 3.66. The molecule has 0 bridgehead atoms. The van der Waals surface area contributed by atoms with E-state index in [0.29, 0.717) is 18.8 Å². The molecule has 1 N–H and O–H groups in total. The highest BCUT2D eigenvalue weighted by Gasteiger charge is 2.10. The first kappa shape index (κ1) is 15.5. The Balaban J connectivity index is 2.05. The fourth-order valence-corrected chi connectivity index (χ4v) is 2.45. The Labute approximate surface area is 131 Å². The minimum absolute atomic E-state index is 0.0649. The second-order valence-corrected chi connectivity index (χ2v) is 5.40. The van der Waals surface area contributed by atoms with Crippen molar-refractivity contribution in [2.45, 2.75) is 13.1 Å². The molecular weight excluding hydrogens is 336 g/mol. The van der Waals surface area contributed by atoms with Crippen LogP contribution in [0.1, 0.15) is 11.1 Å². The first-order valence-electron chi connectivity index (χ1n) is 6.36. The van der Waals surface area contributed by atoms with Crippen molar-refractivity contribution in [3.8, 4) is 5.75 Å². The van der Waals surface area contributed by atoms with Gasteiger partial charge in [-0.15, -0.1) is 0 Å². The molecule has 0 aliphatic rings. The Morgan fingerprint density at radius 1 is 1.24 bits per heavy atom. The van der Waals surface area contributed by atoms with Crippen molar-refractivity contribution in [2.24, 2.45) is 0 Å². The molecule has 0 spiro atoms. The number of nitro groups is 1. The van der Waals surface area contributed by atoms with Crippen LogP contribution in [-0.4, -0.2) is 12.0 Å². The van der Waals surface area contributed by atoms with Crippen molar-refractivity contribution in [2.75, 3.05) is 7.11 Å². The van der Waals surface area contributed by atoms with Crippen molar-refractivity contribution in [1.29, 1.82) is 0 Å². The number of rotatable bonds is 6. The molecule has 0 aliphatic heterocycles. The lowest BCUT2D eigenvalue weighted by atomic mass is 10.1. The van der Waals surface area contributed by atoms with Crippen molar-refractivity contribution in [3.05, 3.63) is 68.2 Å². The molecule has 0 heterocycles. The van der Waals surface area contributed by atoms with Crippen LogP contribution in [0, 0.1) is 10.1 Å². The van der Waals surface area contributed by atoms with Crippen molar-refractivity contribution < 1.29 is 9.66 Å². The van der Waals surface area contributed by atoms with Gasteiger partial charge < -0.3 is 10.1 Å². The molecule has 2 aromatic carbocycles. The maximum Gasteiger partial charge on any atom is 0.270 e. The van der Waals surface area contributed by atoms with Gasteiger partial charge in [0.2, 0.25) is 0 Å². The SMILES string of the molecule is COc1ccc([N+](=O)[O-])cc1CNCc1cccc(Br)c1. The highest BCUT2D eigenvalue weighted by atomic mass is 79.9. The zero-order valence-corrected chi connectivity index (χ0v) is 13.1. The summed E-state index contributed by atoms with van der Waals surface area (Å²) in [6.45, 7) is 1.17. The van der Waals surface area contributed by atoms with E-state index < -0.39 is 4.92 Å². The van der Waals surface area contributed by atoms with Crippen molar-refractivity contribution >= 4 is 21.6 Å². The number of ether oxygens (including phenoxy) is 1. The number of nitrogens with zero attached hydrogens (tertiary/aromatic N) is 1. The summed E-state index contributed by atoms with van der Waals surface area (Å²) in [6.07, 6.45) is 0. The van der Waals surface area contributed by atoms with Crippen molar-refractivity contribution in [3.63, 3.8) is 0 Å². The van der Waals surface area contributed by atoms with E-state index in [-0.39, 0.29) is 5.69 Å². The van der Waals surface area contributed by atoms with Gasteiger partial charge >= 0.3 is 0 Å². The van der Waals surface area contributed by atoms with E-state index in [9.17, 15) is 10.1 Å². The molecule has 21 heavy (non-hydrogen) atoms. The number of non-ortho nitro benzene ring substituents is 1. The van der Waals surface area contributed by atoms with Crippen LogP contribution in [-0.2, 0) is 13.1 Å². The third-order valence-electron chi connectivity index (χ3n) is 3.01. The standard InChI is InChI=1S/C15H15BrN2O3/c1-21-15-6-5-14(18(19)20)8-12(15)10-17-9-11-3-2-4-13(16)7-11/h2-8,17H,9-10H2,1H3. The van der Waals surface area contributed by atoms with Crippen LogP contribution in [0.4, 0.5) is 5.69 Å². The third-order valence-corrected chi connectivity index (χ3v) is 3.50. The molecule has 0 aromatic heterocycles. The lowest BCUT2D eigenvalue weighted by Gasteiger charge is -2.10. The van der Waals surface area contributed by atoms with Crippen LogP contribution in [0.5, 0.6) is 5.75 Å². The minimum atomic E-state index is -0.406. The summed E-state index contributed by atoms with van der Waals surface area (Å²) < 4.78 is 6.25. The van der Waals surface area contributed by atoms with Crippen LogP contribution in [0.3, 0.4) is 0 Å². The number of nitro benzene ring substituents is 1.